The van der Waals surface area contributed by atoms with Gasteiger partial charge in [0.2, 0.25) is 0 Å². The van der Waals surface area contributed by atoms with Crippen LogP contribution in [0.25, 0.3) is 0 Å². The molecule has 0 fully saturated rings. The van der Waals surface area contributed by atoms with E-state index in [1.165, 1.54) is 83.5 Å². The highest BCUT2D eigenvalue weighted by Gasteiger charge is 2.16. The lowest BCUT2D eigenvalue weighted by molar-refractivity contribution is 0.234. The van der Waals surface area contributed by atoms with E-state index in [0.717, 1.165) is 12.0 Å². The average Bonchev–Trinajstić information content (AvgIpc) is 2.53. The lowest BCUT2D eigenvalue weighted by atomic mass is 9.90. The Balaban J connectivity index is 4.41. The Morgan fingerprint density at radius 1 is 0.739 bits per heavy atom. The predicted molar refractivity (Wildman–Crippen MR) is 107 cm³/mol. The SMILES string of the molecule is CCCCCC=CC(CCCCC)CC(CCCCC)N(C)C. The molecule has 0 heterocycles. The molecule has 0 aromatic heterocycles. The maximum Gasteiger partial charge on any atom is 0.00947 e. The van der Waals surface area contributed by atoms with E-state index in [9.17, 15) is 0 Å². The first kappa shape index (κ1) is 22.7. The van der Waals surface area contributed by atoms with Gasteiger partial charge in [-0.3, -0.25) is 0 Å². The zero-order valence-corrected chi connectivity index (χ0v) is 16.9. The molecule has 2 unspecified atom stereocenters. The molecule has 1 nitrogen and oxygen atoms in total. The molecule has 23 heavy (non-hydrogen) atoms. The number of nitrogens with zero attached hydrogens (tertiary/aromatic N) is 1. The summed E-state index contributed by atoms with van der Waals surface area (Å²) in [5.74, 6) is 0.789. The van der Waals surface area contributed by atoms with E-state index < -0.39 is 0 Å². The van der Waals surface area contributed by atoms with Gasteiger partial charge in [0.25, 0.3) is 0 Å². The van der Waals surface area contributed by atoms with Crippen LogP contribution in [0.1, 0.15) is 104 Å². The Morgan fingerprint density at radius 3 is 1.87 bits per heavy atom. The summed E-state index contributed by atoms with van der Waals surface area (Å²) in [4.78, 5) is 2.47. The van der Waals surface area contributed by atoms with Crippen molar-refractivity contribution in [1.29, 1.82) is 0 Å². The van der Waals surface area contributed by atoms with E-state index in [1.807, 2.05) is 0 Å². The Kier molecular flexibility index (Phi) is 16.3. The van der Waals surface area contributed by atoms with E-state index in [0.29, 0.717) is 0 Å². The molecule has 2 atom stereocenters. The molecule has 0 saturated heterocycles. The Hall–Kier alpha value is -0.300. The summed E-state index contributed by atoms with van der Waals surface area (Å²) in [6.07, 6.45) is 22.7. The van der Waals surface area contributed by atoms with Crippen molar-refractivity contribution in [1.82, 2.24) is 4.90 Å². The summed E-state index contributed by atoms with van der Waals surface area (Å²) < 4.78 is 0. The molecule has 0 amide bonds. The van der Waals surface area contributed by atoms with Crippen molar-refractivity contribution in [2.75, 3.05) is 14.1 Å². The Labute approximate surface area is 147 Å². The second-order valence-corrected chi connectivity index (χ2v) is 7.53. The number of unbranched alkanes of at least 4 members (excludes halogenated alkanes) is 7. The van der Waals surface area contributed by atoms with Crippen molar-refractivity contribution in [3.8, 4) is 0 Å². The van der Waals surface area contributed by atoms with Crippen molar-refractivity contribution in [3.63, 3.8) is 0 Å². The first-order valence-electron chi connectivity index (χ1n) is 10.5. The van der Waals surface area contributed by atoms with Crippen molar-refractivity contribution in [2.45, 2.75) is 110 Å². The summed E-state index contributed by atoms with van der Waals surface area (Å²) in [7, 11) is 4.54. The third-order valence-electron chi connectivity index (χ3n) is 5.01. The minimum absolute atomic E-state index is 0.758. The summed E-state index contributed by atoms with van der Waals surface area (Å²) in [6.45, 7) is 6.90. The highest BCUT2D eigenvalue weighted by molar-refractivity contribution is 4.90. The van der Waals surface area contributed by atoms with Crippen LogP contribution in [0.2, 0.25) is 0 Å². The fourth-order valence-electron chi connectivity index (χ4n) is 3.32. The van der Waals surface area contributed by atoms with Gasteiger partial charge in [-0.15, -0.1) is 0 Å². The minimum atomic E-state index is 0.758. The first-order valence-corrected chi connectivity index (χ1v) is 10.5. The fraction of sp³-hybridized carbons (Fsp3) is 0.909. The molecule has 0 aliphatic carbocycles. The number of hydrogen-bond acceptors (Lipinski definition) is 1. The average molecular weight is 324 g/mol. The Morgan fingerprint density at radius 2 is 1.30 bits per heavy atom. The lowest BCUT2D eigenvalue weighted by Crippen LogP contribution is -2.30. The van der Waals surface area contributed by atoms with Gasteiger partial charge in [-0.25, -0.2) is 0 Å². The van der Waals surface area contributed by atoms with Crippen LogP contribution in [-0.2, 0) is 0 Å². The summed E-state index contributed by atoms with van der Waals surface area (Å²) in [5.41, 5.74) is 0. The van der Waals surface area contributed by atoms with Crippen LogP contribution in [0.3, 0.4) is 0 Å². The number of rotatable bonds is 16. The van der Waals surface area contributed by atoms with E-state index in [1.54, 1.807) is 0 Å². The van der Waals surface area contributed by atoms with Gasteiger partial charge in [-0.05, 0) is 52.1 Å². The zero-order valence-electron chi connectivity index (χ0n) is 16.9. The molecule has 0 rings (SSSR count). The molecule has 0 saturated carbocycles. The highest BCUT2D eigenvalue weighted by atomic mass is 15.1. The summed E-state index contributed by atoms with van der Waals surface area (Å²) in [5, 5.41) is 0. The molecule has 1 heteroatoms. The van der Waals surface area contributed by atoms with Gasteiger partial charge in [0.05, 0.1) is 0 Å². The normalized spacial score (nSPS) is 14.7. The van der Waals surface area contributed by atoms with Crippen molar-refractivity contribution >= 4 is 0 Å². The molecule has 0 aliphatic heterocycles. The smallest absolute Gasteiger partial charge is 0.00947 e. The second kappa shape index (κ2) is 16.6. The maximum absolute atomic E-state index is 2.56. The van der Waals surface area contributed by atoms with Gasteiger partial charge in [0.1, 0.15) is 0 Å². The third-order valence-corrected chi connectivity index (χ3v) is 5.01. The van der Waals surface area contributed by atoms with Crippen LogP contribution in [0.15, 0.2) is 12.2 Å². The molecule has 0 aromatic rings. The minimum Gasteiger partial charge on any atom is -0.306 e. The van der Waals surface area contributed by atoms with Crippen molar-refractivity contribution < 1.29 is 0 Å². The summed E-state index contributed by atoms with van der Waals surface area (Å²) in [6, 6.07) is 0.758. The van der Waals surface area contributed by atoms with Crippen molar-refractivity contribution in [3.05, 3.63) is 12.2 Å². The first-order chi connectivity index (χ1) is 11.2. The largest absolute Gasteiger partial charge is 0.306 e. The molecular weight excluding hydrogens is 278 g/mol. The molecule has 0 radical (unpaired) electrons. The van der Waals surface area contributed by atoms with Gasteiger partial charge in [-0.2, -0.15) is 0 Å². The van der Waals surface area contributed by atoms with Gasteiger partial charge in [0.15, 0.2) is 0 Å². The van der Waals surface area contributed by atoms with Gasteiger partial charge in [0, 0.05) is 6.04 Å². The van der Waals surface area contributed by atoms with E-state index in [4.69, 9.17) is 0 Å². The van der Waals surface area contributed by atoms with Crippen LogP contribution < -0.4 is 0 Å². The summed E-state index contributed by atoms with van der Waals surface area (Å²) >= 11 is 0. The van der Waals surface area contributed by atoms with Crippen LogP contribution in [0, 0.1) is 5.92 Å². The molecular formula is C22H45N. The number of hydrogen-bond donors (Lipinski definition) is 0. The van der Waals surface area contributed by atoms with Gasteiger partial charge < -0.3 is 4.90 Å². The molecule has 0 aliphatic rings. The van der Waals surface area contributed by atoms with Gasteiger partial charge >= 0.3 is 0 Å². The fourth-order valence-corrected chi connectivity index (χ4v) is 3.32. The van der Waals surface area contributed by atoms with Crippen LogP contribution in [0.4, 0.5) is 0 Å². The van der Waals surface area contributed by atoms with Crippen molar-refractivity contribution in [2.24, 2.45) is 5.92 Å². The topological polar surface area (TPSA) is 3.24 Å². The maximum atomic E-state index is 2.56. The quantitative estimate of drug-likeness (QED) is 0.214. The van der Waals surface area contributed by atoms with Crippen LogP contribution in [-0.4, -0.2) is 25.0 Å². The highest BCUT2D eigenvalue weighted by Crippen LogP contribution is 2.23. The number of allylic oxidation sites excluding steroid dienone is 2. The predicted octanol–water partition coefficient (Wildman–Crippen LogP) is 7.22. The molecule has 0 N–H and O–H groups in total. The van der Waals surface area contributed by atoms with Crippen LogP contribution in [0.5, 0.6) is 0 Å². The molecule has 0 bridgehead atoms. The molecule has 138 valence electrons. The molecule has 0 aromatic carbocycles. The van der Waals surface area contributed by atoms with E-state index in [2.05, 4.69) is 51.9 Å². The molecule has 0 spiro atoms. The monoisotopic (exact) mass is 323 g/mol. The Bertz CT molecular complexity index is 257. The zero-order chi connectivity index (χ0) is 17.3. The second-order valence-electron chi connectivity index (χ2n) is 7.53. The standard InChI is InChI=1S/C22H45N/c1-6-9-12-13-16-18-21(17-14-10-7-2)20-22(23(4)5)19-15-11-8-3/h16,18,21-22H,6-15,17,19-20H2,1-5H3. The lowest BCUT2D eigenvalue weighted by Gasteiger charge is -2.28. The third kappa shape index (κ3) is 13.8. The van der Waals surface area contributed by atoms with Crippen LogP contribution >= 0.6 is 0 Å². The van der Waals surface area contributed by atoms with E-state index in [-0.39, 0.29) is 0 Å². The van der Waals surface area contributed by atoms with Gasteiger partial charge in [-0.1, -0.05) is 84.3 Å². The van der Waals surface area contributed by atoms with E-state index >= 15 is 0 Å².